The number of carbonyl (C=O) groups is 1. The zero-order valence-corrected chi connectivity index (χ0v) is 20.2. The molecule has 0 amide bonds. The molecule has 0 fully saturated rings. The molecular formula is C28H23N3O3S. The highest BCUT2D eigenvalue weighted by molar-refractivity contribution is 7.17. The maximum atomic E-state index is 12.9. The van der Waals surface area contributed by atoms with Gasteiger partial charge in [-0.1, -0.05) is 48.5 Å². The molecule has 0 radical (unpaired) electrons. The molecule has 0 aliphatic rings. The van der Waals surface area contributed by atoms with E-state index in [0.29, 0.717) is 15.6 Å². The lowest BCUT2D eigenvalue weighted by atomic mass is 10.1. The van der Waals surface area contributed by atoms with E-state index in [-0.39, 0.29) is 6.61 Å². The van der Waals surface area contributed by atoms with Crippen LogP contribution in [0.4, 0.5) is 0 Å². The summed E-state index contributed by atoms with van der Waals surface area (Å²) < 4.78 is 12.5. The number of benzene rings is 3. The van der Waals surface area contributed by atoms with E-state index in [0.717, 1.165) is 33.8 Å². The Balaban J connectivity index is 1.68. The quantitative estimate of drug-likeness (QED) is 0.248. The highest BCUT2D eigenvalue weighted by Gasteiger charge is 2.24. The summed E-state index contributed by atoms with van der Waals surface area (Å²) in [7, 11) is 1.62. The van der Waals surface area contributed by atoms with Crippen molar-refractivity contribution in [2.24, 2.45) is 0 Å². The van der Waals surface area contributed by atoms with Crippen LogP contribution in [0.15, 0.2) is 91.1 Å². The topological polar surface area (TPSA) is 66.2 Å². The van der Waals surface area contributed by atoms with Crippen molar-refractivity contribution in [1.29, 1.82) is 0 Å². The molecule has 5 aromatic rings. The monoisotopic (exact) mass is 481 g/mol. The van der Waals surface area contributed by atoms with Crippen molar-refractivity contribution < 1.29 is 14.3 Å². The van der Waals surface area contributed by atoms with Gasteiger partial charge in [-0.2, -0.15) is 5.10 Å². The predicted molar refractivity (Wildman–Crippen MR) is 138 cm³/mol. The standard InChI is InChI=1S/C28H23N3O3S/c1-3-34-28(32)26-25(20-14-16-22(33-2)17-15-20)29-27(35-26)23-18-31(21-12-8-5-9-13-21)30-24(23)19-10-6-4-7-11-19/h4-18H,3H2,1-2H3. The van der Waals surface area contributed by atoms with Crippen molar-refractivity contribution in [3.8, 4) is 44.5 Å². The Hall–Kier alpha value is -4.23. The molecular weight excluding hydrogens is 458 g/mol. The van der Waals surface area contributed by atoms with Gasteiger partial charge in [0.25, 0.3) is 0 Å². The summed E-state index contributed by atoms with van der Waals surface area (Å²) >= 11 is 1.31. The Morgan fingerprint density at radius 1 is 0.886 bits per heavy atom. The molecule has 0 aliphatic heterocycles. The summed E-state index contributed by atoms with van der Waals surface area (Å²) in [5.74, 6) is 0.344. The SMILES string of the molecule is CCOC(=O)c1sc(-c2cn(-c3ccccc3)nc2-c2ccccc2)nc1-c1ccc(OC)cc1. The number of nitrogens with zero attached hydrogens (tertiary/aromatic N) is 3. The average Bonchev–Trinajstić information content (AvgIpc) is 3.55. The number of aromatic nitrogens is 3. The van der Waals surface area contributed by atoms with Crippen LogP contribution < -0.4 is 4.74 Å². The number of methoxy groups -OCH3 is 1. The first kappa shape index (κ1) is 22.6. The molecule has 2 aromatic heterocycles. The largest absolute Gasteiger partial charge is 0.497 e. The van der Waals surface area contributed by atoms with Crippen LogP contribution in [0, 0.1) is 0 Å². The molecule has 0 aliphatic carbocycles. The fourth-order valence-electron chi connectivity index (χ4n) is 3.77. The van der Waals surface area contributed by atoms with Crippen molar-refractivity contribution in [3.05, 3.63) is 96.0 Å². The van der Waals surface area contributed by atoms with Gasteiger partial charge >= 0.3 is 5.97 Å². The van der Waals surface area contributed by atoms with E-state index in [1.807, 2.05) is 95.8 Å². The van der Waals surface area contributed by atoms with Crippen molar-refractivity contribution >= 4 is 17.3 Å². The zero-order valence-electron chi connectivity index (χ0n) is 19.3. The molecule has 0 N–H and O–H groups in total. The number of hydrogen-bond acceptors (Lipinski definition) is 6. The van der Waals surface area contributed by atoms with Crippen LogP contribution in [0.25, 0.3) is 38.8 Å². The van der Waals surface area contributed by atoms with Crippen molar-refractivity contribution in [2.45, 2.75) is 6.92 Å². The summed E-state index contributed by atoms with van der Waals surface area (Å²) in [6, 6.07) is 27.4. The highest BCUT2D eigenvalue weighted by atomic mass is 32.1. The average molecular weight is 482 g/mol. The molecule has 6 nitrogen and oxygen atoms in total. The first-order valence-electron chi connectivity index (χ1n) is 11.2. The molecule has 0 saturated heterocycles. The first-order valence-corrected chi connectivity index (χ1v) is 12.0. The molecule has 174 valence electrons. The van der Waals surface area contributed by atoms with E-state index in [4.69, 9.17) is 19.6 Å². The fraction of sp³-hybridized carbons (Fsp3) is 0.107. The third kappa shape index (κ3) is 4.58. The molecule has 3 aromatic carbocycles. The molecule has 0 saturated carbocycles. The lowest BCUT2D eigenvalue weighted by Crippen LogP contribution is -2.03. The van der Waals surface area contributed by atoms with Crippen molar-refractivity contribution in [1.82, 2.24) is 14.8 Å². The smallest absolute Gasteiger partial charge is 0.350 e. The van der Waals surface area contributed by atoms with Crippen LogP contribution in [0.2, 0.25) is 0 Å². The highest BCUT2D eigenvalue weighted by Crippen LogP contribution is 2.39. The Labute approximate surface area is 207 Å². The van der Waals surface area contributed by atoms with Gasteiger partial charge in [0.2, 0.25) is 0 Å². The van der Waals surface area contributed by atoms with E-state index in [2.05, 4.69) is 0 Å². The summed E-state index contributed by atoms with van der Waals surface area (Å²) in [5.41, 5.74) is 4.94. The van der Waals surface area contributed by atoms with Crippen LogP contribution in [0.3, 0.4) is 0 Å². The number of carbonyl (C=O) groups excluding carboxylic acids is 1. The minimum Gasteiger partial charge on any atom is -0.497 e. The number of hydrogen-bond donors (Lipinski definition) is 0. The third-order valence-electron chi connectivity index (χ3n) is 5.46. The lowest BCUT2D eigenvalue weighted by molar-refractivity contribution is 0.0532. The van der Waals surface area contributed by atoms with E-state index in [9.17, 15) is 4.79 Å². The van der Waals surface area contributed by atoms with Gasteiger partial charge in [-0.15, -0.1) is 11.3 Å². The van der Waals surface area contributed by atoms with Crippen molar-refractivity contribution in [3.63, 3.8) is 0 Å². The second kappa shape index (κ2) is 9.95. The second-order valence-corrected chi connectivity index (χ2v) is 8.68. The van der Waals surface area contributed by atoms with Crippen LogP contribution in [0.1, 0.15) is 16.6 Å². The van der Waals surface area contributed by atoms with Crippen LogP contribution in [0.5, 0.6) is 5.75 Å². The van der Waals surface area contributed by atoms with Gasteiger partial charge in [-0.25, -0.2) is 14.5 Å². The predicted octanol–water partition coefficient (Wildman–Crippen LogP) is 6.52. The summed E-state index contributed by atoms with van der Waals surface area (Å²) in [4.78, 5) is 18.3. The maximum absolute atomic E-state index is 12.9. The Bertz CT molecular complexity index is 1440. The van der Waals surface area contributed by atoms with Gasteiger partial charge in [-0.3, -0.25) is 0 Å². The summed E-state index contributed by atoms with van der Waals surface area (Å²) in [5, 5.41) is 5.59. The van der Waals surface area contributed by atoms with Gasteiger partial charge < -0.3 is 9.47 Å². The van der Waals surface area contributed by atoms with Gasteiger partial charge in [0, 0.05) is 17.3 Å². The minimum atomic E-state index is -0.390. The number of thiazole rings is 1. The molecule has 0 spiro atoms. The van der Waals surface area contributed by atoms with Gasteiger partial charge in [-0.05, 0) is 43.3 Å². The first-order chi connectivity index (χ1) is 17.2. The zero-order chi connectivity index (χ0) is 24.2. The molecule has 5 rings (SSSR count). The Morgan fingerprint density at radius 3 is 2.20 bits per heavy atom. The second-order valence-electron chi connectivity index (χ2n) is 7.68. The molecule has 0 unspecified atom stereocenters. The molecule has 35 heavy (non-hydrogen) atoms. The number of rotatable bonds is 7. The molecule has 2 heterocycles. The third-order valence-corrected chi connectivity index (χ3v) is 6.53. The fourth-order valence-corrected chi connectivity index (χ4v) is 4.76. The van der Waals surface area contributed by atoms with E-state index in [1.165, 1.54) is 11.3 Å². The molecule has 0 bridgehead atoms. The van der Waals surface area contributed by atoms with E-state index < -0.39 is 5.97 Å². The van der Waals surface area contributed by atoms with Crippen molar-refractivity contribution in [2.75, 3.05) is 13.7 Å². The lowest BCUT2D eigenvalue weighted by Gasteiger charge is -2.04. The maximum Gasteiger partial charge on any atom is 0.350 e. The molecule has 7 heteroatoms. The number of ether oxygens (including phenoxy) is 2. The minimum absolute atomic E-state index is 0.287. The van der Waals surface area contributed by atoms with E-state index >= 15 is 0 Å². The van der Waals surface area contributed by atoms with Gasteiger partial charge in [0.05, 0.1) is 30.7 Å². The number of esters is 1. The van der Waals surface area contributed by atoms with Crippen LogP contribution in [-0.2, 0) is 4.74 Å². The Kier molecular flexibility index (Phi) is 6.41. The number of para-hydroxylation sites is 1. The van der Waals surface area contributed by atoms with Gasteiger partial charge in [0.15, 0.2) is 0 Å². The van der Waals surface area contributed by atoms with E-state index in [1.54, 1.807) is 14.0 Å². The Morgan fingerprint density at radius 2 is 1.54 bits per heavy atom. The van der Waals surface area contributed by atoms with Crippen LogP contribution >= 0.6 is 11.3 Å². The molecule has 0 atom stereocenters. The van der Waals surface area contributed by atoms with Gasteiger partial charge in [0.1, 0.15) is 21.3 Å². The normalized spacial score (nSPS) is 10.8. The van der Waals surface area contributed by atoms with Crippen LogP contribution in [-0.4, -0.2) is 34.5 Å². The summed E-state index contributed by atoms with van der Waals surface area (Å²) in [6.45, 7) is 2.08. The summed E-state index contributed by atoms with van der Waals surface area (Å²) in [6.07, 6.45) is 1.96.